The van der Waals surface area contributed by atoms with Crippen molar-refractivity contribution in [2.24, 2.45) is 0 Å². The highest BCUT2D eigenvalue weighted by Crippen LogP contribution is 1.99. The minimum Gasteiger partial charge on any atom is -0.296 e. The van der Waals surface area contributed by atoms with Gasteiger partial charge >= 0.3 is 0 Å². The van der Waals surface area contributed by atoms with Crippen molar-refractivity contribution < 1.29 is 9.59 Å². The van der Waals surface area contributed by atoms with Gasteiger partial charge in [-0.05, 0) is 12.0 Å². The summed E-state index contributed by atoms with van der Waals surface area (Å²) in [5.74, 6) is -0.432. The molecule has 1 aromatic rings. The van der Waals surface area contributed by atoms with Gasteiger partial charge in [-0.15, -0.1) is 0 Å². The van der Waals surface area contributed by atoms with E-state index in [1.807, 2.05) is 37.3 Å². The second-order valence-corrected chi connectivity index (χ2v) is 3.38. The molecule has 2 amide bonds. The van der Waals surface area contributed by atoms with E-state index in [1.165, 1.54) is 0 Å². The summed E-state index contributed by atoms with van der Waals surface area (Å²) < 4.78 is 0. The van der Waals surface area contributed by atoms with Crippen LogP contribution in [-0.4, -0.2) is 11.8 Å². The zero-order valence-corrected chi connectivity index (χ0v) is 8.82. The van der Waals surface area contributed by atoms with Crippen LogP contribution in [0.5, 0.6) is 0 Å². The van der Waals surface area contributed by atoms with Crippen LogP contribution in [0.4, 0.5) is 0 Å². The van der Waals surface area contributed by atoms with E-state index in [9.17, 15) is 9.59 Å². The largest absolute Gasteiger partial charge is 0.296 e. The molecule has 0 radical (unpaired) electrons. The van der Waals surface area contributed by atoms with E-state index < -0.39 is 0 Å². The zero-order valence-electron chi connectivity index (χ0n) is 8.82. The van der Waals surface area contributed by atoms with Gasteiger partial charge in [-0.25, -0.2) is 0 Å². The Morgan fingerprint density at radius 2 is 1.80 bits per heavy atom. The van der Waals surface area contributed by atoms with Gasteiger partial charge in [-0.1, -0.05) is 37.3 Å². The third kappa shape index (κ3) is 4.40. The highest BCUT2D eigenvalue weighted by atomic mass is 16.2. The first-order valence-electron chi connectivity index (χ1n) is 5.09. The lowest BCUT2D eigenvalue weighted by Gasteiger charge is -2.02. The summed E-state index contributed by atoms with van der Waals surface area (Å²) in [6, 6.07) is 9.37. The summed E-state index contributed by atoms with van der Waals surface area (Å²) in [4.78, 5) is 22.5. The van der Waals surface area contributed by atoms with Crippen molar-refractivity contribution in [3.8, 4) is 0 Å². The van der Waals surface area contributed by atoms with E-state index in [0.717, 1.165) is 12.0 Å². The van der Waals surface area contributed by atoms with Crippen LogP contribution in [0, 0.1) is 0 Å². The smallest absolute Gasteiger partial charge is 0.230 e. The van der Waals surface area contributed by atoms with Crippen LogP contribution in [-0.2, 0) is 16.0 Å². The van der Waals surface area contributed by atoms with Crippen molar-refractivity contribution >= 4 is 11.8 Å². The molecule has 0 aromatic heterocycles. The number of carbonyl (C=O) groups excluding carboxylic acids is 2. The van der Waals surface area contributed by atoms with Crippen LogP contribution in [0.1, 0.15) is 25.3 Å². The van der Waals surface area contributed by atoms with E-state index in [-0.39, 0.29) is 18.2 Å². The molecule has 80 valence electrons. The third-order valence-electron chi connectivity index (χ3n) is 1.96. The topological polar surface area (TPSA) is 46.2 Å². The van der Waals surface area contributed by atoms with Gasteiger partial charge in [-0.3, -0.25) is 14.9 Å². The Balaban J connectivity index is 2.40. The zero-order chi connectivity index (χ0) is 11.1. The van der Waals surface area contributed by atoms with Gasteiger partial charge in [0.2, 0.25) is 11.8 Å². The van der Waals surface area contributed by atoms with Crippen molar-refractivity contribution in [1.29, 1.82) is 0 Å². The lowest BCUT2D eigenvalue weighted by Crippen LogP contribution is -2.31. The predicted octanol–water partition coefficient (Wildman–Crippen LogP) is 1.67. The van der Waals surface area contributed by atoms with Crippen LogP contribution < -0.4 is 5.32 Å². The summed E-state index contributed by atoms with van der Waals surface area (Å²) in [5.41, 5.74) is 0.916. The Morgan fingerprint density at radius 1 is 1.13 bits per heavy atom. The first kappa shape index (κ1) is 11.4. The molecule has 0 aliphatic heterocycles. The van der Waals surface area contributed by atoms with Crippen LogP contribution in [0.2, 0.25) is 0 Å². The van der Waals surface area contributed by atoms with E-state index >= 15 is 0 Å². The van der Waals surface area contributed by atoms with Crippen LogP contribution in [0.15, 0.2) is 30.3 Å². The fourth-order valence-corrected chi connectivity index (χ4v) is 1.27. The lowest BCUT2D eigenvalue weighted by molar-refractivity contribution is -0.130. The second kappa shape index (κ2) is 5.96. The van der Waals surface area contributed by atoms with Gasteiger partial charge in [0.1, 0.15) is 0 Å². The Labute approximate surface area is 89.5 Å². The SMILES string of the molecule is CCCC(=O)NC(=O)Cc1ccccc1. The van der Waals surface area contributed by atoms with Crippen LogP contribution in [0.25, 0.3) is 0 Å². The molecule has 0 heterocycles. The maximum absolute atomic E-state index is 11.4. The number of benzene rings is 1. The van der Waals surface area contributed by atoms with E-state index in [0.29, 0.717) is 6.42 Å². The molecular weight excluding hydrogens is 190 g/mol. The Kier molecular flexibility index (Phi) is 4.54. The van der Waals surface area contributed by atoms with E-state index in [2.05, 4.69) is 5.32 Å². The highest BCUT2D eigenvalue weighted by molar-refractivity contribution is 5.95. The number of hydrogen-bond acceptors (Lipinski definition) is 2. The molecule has 0 fully saturated rings. The van der Waals surface area contributed by atoms with Crippen molar-refractivity contribution in [3.63, 3.8) is 0 Å². The molecule has 0 aliphatic rings. The Morgan fingerprint density at radius 3 is 2.40 bits per heavy atom. The Bertz CT molecular complexity index is 333. The van der Waals surface area contributed by atoms with Gasteiger partial charge in [0, 0.05) is 6.42 Å². The van der Waals surface area contributed by atoms with E-state index in [4.69, 9.17) is 0 Å². The maximum atomic E-state index is 11.4. The molecule has 15 heavy (non-hydrogen) atoms. The van der Waals surface area contributed by atoms with Crippen molar-refractivity contribution in [3.05, 3.63) is 35.9 Å². The molecule has 1 N–H and O–H groups in total. The first-order valence-corrected chi connectivity index (χ1v) is 5.09. The van der Waals surface area contributed by atoms with Gasteiger partial charge < -0.3 is 0 Å². The first-order chi connectivity index (χ1) is 7.22. The second-order valence-electron chi connectivity index (χ2n) is 3.38. The summed E-state index contributed by atoms with van der Waals surface area (Å²) in [6.07, 6.45) is 1.42. The van der Waals surface area contributed by atoms with Gasteiger partial charge in [0.25, 0.3) is 0 Å². The summed E-state index contributed by atoms with van der Waals surface area (Å²) >= 11 is 0. The number of hydrogen-bond donors (Lipinski definition) is 1. The molecule has 1 aromatic carbocycles. The fourth-order valence-electron chi connectivity index (χ4n) is 1.27. The molecule has 3 heteroatoms. The maximum Gasteiger partial charge on any atom is 0.230 e. The van der Waals surface area contributed by atoms with Crippen LogP contribution in [0.3, 0.4) is 0 Å². The summed E-state index contributed by atoms with van der Waals surface area (Å²) in [7, 11) is 0. The average molecular weight is 205 g/mol. The van der Waals surface area contributed by atoms with Gasteiger partial charge in [-0.2, -0.15) is 0 Å². The number of amides is 2. The number of carbonyl (C=O) groups is 2. The normalized spacial score (nSPS) is 9.67. The van der Waals surface area contributed by atoms with Crippen molar-refractivity contribution in [2.45, 2.75) is 26.2 Å². The Hall–Kier alpha value is -1.64. The summed E-state index contributed by atoms with van der Waals surface area (Å²) in [5, 5.41) is 2.35. The molecule has 0 saturated carbocycles. The van der Waals surface area contributed by atoms with Crippen molar-refractivity contribution in [2.75, 3.05) is 0 Å². The van der Waals surface area contributed by atoms with Gasteiger partial charge in [0.05, 0.1) is 6.42 Å². The highest BCUT2D eigenvalue weighted by Gasteiger charge is 2.06. The molecule has 0 atom stereocenters. The van der Waals surface area contributed by atoms with Gasteiger partial charge in [0.15, 0.2) is 0 Å². The molecule has 0 spiro atoms. The predicted molar refractivity (Wildman–Crippen MR) is 58.2 cm³/mol. The molecule has 0 bridgehead atoms. The molecule has 3 nitrogen and oxygen atoms in total. The molecule has 0 saturated heterocycles. The minimum absolute atomic E-state index is 0.196. The lowest BCUT2D eigenvalue weighted by atomic mass is 10.1. The molecular formula is C12H15NO2. The standard InChI is InChI=1S/C12H15NO2/c1-2-6-11(14)13-12(15)9-10-7-4-3-5-8-10/h3-5,7-8H,2,6,9H2,1H3,(H,13,14,15). The minimum atomic E-state index is -0.236. The monoisotopic (exact) mass is 205 g/mol. The number of rotatable bonds is 4. The quantitative estimate of drug-likeness (QED) is 0.812. The summed E-state index contributed by atoms with van der Waals surface area (Å²) in [6.45, 7) is 1.90. The average Bonchev–Trinajstić information content (AvgIpc) is 2.19. The van der Waals surface area contributed by atoms with Crippen LogP contribution >= 0.6 is 0 Å². The number of imide groups is 1. The molecule has 0 aliphatic carbocycles. The third-order valence-corrected chi connectivity index (χ3v) is 1.96. The molecule has 0 unspecified atom stereocenters. The fraction of sp³-hybridized carbons (Fsp3) is 0.333. The molecule has 1 rings (SSSR count). The van der Waals surface area contributed by atoms with Crippen molar-refractivity contribution in [1.82, 2.24) is 5.32 Å². The van der Waals surface area contributed by atoms with E-state index in [1.54, 1.807) is 0 Å². The number of nitrogens with one attached hydrogen (secondary N) is 1.